The average Bonchev–Trinajstić information content (AvgIpc) is 2.65. The quantitative estimate of drug-likeness (QED) is 0.486. The monoisotopic (exact) mass is 457 g/mol. The smallest absolute Gasteiger partial charge is 0.416 e. The number of sulfonamides is 1. The third-order valence-corrected chi connectivity index (χ3v) is 4.94. The molecule has 0 bridgehead atoms. The summed E-state index contributed by atoms with van der Waals surface area (Å²) in [5, 5.41) is 3.75. The molecule has 0 saturated heterocycles. The van der Waals surface area contributed by atoms with Crippen molar-refractivity contribution in [1.82, 2.24) is 5.43 Å². The Kier molecular flexibility index (Phi) is 7.66. The maximum Gasteiger partial charge on any atom is 0.416 e. The van der Waals surface area contributed by atoms with Crippen LogP contribution in [0.15, 0.2) is 53.6 Å². The highest BCUT2D eigenvalue weighted by atomic mass is 32.2. The van der Waals surface area contributed by atoms with E-state index in [0.717, 1.165) is 18.4 Å². The number of alkyl halides is 3. The first kappa shape index (κ1) is 24.2. The van der Waals surface area contributed by atoms with Crippen LogP contribution in [0.3, 0.4) is 0 Å². The third kappa shape index (κ3) is 7.59. The highest BCUT2D eigenvalue weighted by Crippen LogP contribution is 2.32. The van der Waals surface area contributed by atoms with Crippen molar-refractivity contribution in [2.45, 2.75) is 26.1 Å². The van der Waals surface area contributed by atoms with Crippen molar-refractivity contribution in [3.05, 3.63) is 59.7 Å². The van der Waals surface area contributed by atoms with Gasteiger partial charge in [0.25, 0.3) is 5.91 Å². The molecule has 2 aromatic carbocycles. The average molecular weight is 457 g/mol. The van der Waals surface area contributed by atoms with Gasteiger partial charge in [-0.25, -0.2) is 13.8 Å². The molecule has 0 aliphatic heterocycles. The van der Waals surface area contributed by atoms with E-state index >= 15 is 0 Å². The van der Waals surface area contributed by atoms with Crippen molar-refractivity contribution >= 4 is 27.8 Å². The molecule has 0 saturated carbocycles. The lowest BCUT2D eigenvalue weighted by molar-refractivity contribution is -0.137. The third-order valence-electron chi connectivity index (χ3n) is 3.80. The number of amides is 1. The summed E-state index contributed by atoms with van der Waals surface area (Å²) in [4.78, 5) is 12.1. The predicted molar refractivity (Wildman–Crippen MR) is 112 cm³/mol. The van der Waals surface area contributed by atoms with Crippen molar-refractivity contribution in [3.63, 3.8) is 0 Å². The molecule has 0 heterocycles. The van der Waals surface area contributed by atoms with Crippen LogP contribution < -0.4 is 14.5 Å². The Balaban J connectivity index is 2.08. The molecule has 168 valence electrons. The van der Waals surface area contributed by atoms with E-state index in [9.17, 15) is 26.4 Å². The minimum absolute atomic E-state index is 0.0217. The molecule has 0 radical (unpaired) electrons. The maximum absolute atomic E-state index is 12.9. The van der Waals surface area contributed by atoms with E-state index in [1.807, 2.05) is 13.8 Å². The Morgan fingerprint density at radius 1 is 1.19 bits per heavy atom. The Morgan fingerprint density at radius 2 is 1.84 bits per heavy atom. The highest BCUT2D eigenvalue weighted by molar-refractivity contribution is 7.92. The first-order chi connectivity index (χ1) is 14.4. The van der Waals surface area contributed by atoms with Crippen LogP contribution in [-0.2, 0) is 21.0 Å². The molecule has 0 fully saturated rings. The molecule has 0 aliphatic rings. The molecule has 0 spiro atoms. The zero-order valence-electron chi connectivity index (χ0n) is 17.1. The van der Waals surface area contributed by atoms with Crippen LogP contribution in [0.2, 0.25) is 0 Å². The van der Waals surface area contributed by atoms with Gasteiger partial charge in [0, 0.05) is 0 Å². The Labute approximate surface area is 178 Å². The summed E-state index contributed by atoms with van der Waals surface area (Å²) in [7, 11) is -4.03. The molecule has 2 rings (SSSR count). The number of halogens is 3. The van der Waals surface area contributed by atoms with Gasteiger partial charge in [-0.3, -0.25) is 9.10 Å². The number of hydrazone groups is 1. The zero-order valence-corrected chi connectivity index (χ0v) is 17.9. The normalized spacial score (nSPS) is 12.2. The summed E-state index contributed by atoms with van der Waals surface area (Å²) >= 11 is 0. The second-order valence-electron chi connectivity index (χ2n) is 6.85. The SMILES string of the molecule is CC(C)Oc1ccc(/C=N\NC(=O)CN(c2cccc(C(F)(F)F)c2)S(C)(=O)=O)cc1. The van der Waals surface area contributed by atoms with Crippen molar-refractivity contribution in [1.29, 1.82) is 0 Å². The van der Waals surface area contributed by atoms with E-state index in [1.165, 1.54) is 12.3 Å². The fraction of sp³-hybridized carbons (Fsp3) is 0.300. The molecule has 0 aliphatic carbocycles. The topological polar surface area (TPSA) is 88.1 Å². The number of ether oxygens (including phenoxy) is 1. The van der Waals surface area contributed by atoms with Gasteiger partial charge in [0.05, 0.1) is 29.8 Å². The van der Waals surface area contributed by atoms with Crippen LogP contribution >= 0.6 is 0 Å². The van der Waals surface area contributed by atoms with E-state index in [1.54, 1.807) is 24.3 Å². The van der Waals surface area contributed by atoms with E-state index in [-0.39, 0.29) is 11.8 Å². The summed E-state index contributed by atoms with van der Waals surface area (Å²) in [6, 6.07) is 10.6. The first-order valence-electron chi connectivity index (χ1n) is 9.10. The van der Waals surface area contributed by atoms with Crippen LogP contribution in [-0.4, -0.2) is 39.4 Å². The standard InChI is InChI=1S/C20H22F3N3O4S/c1-14(2)30-18-9-7-15(8-10-18)12-24-25-19(27)13-26(31(3,28)29)17-6-4-5-16(11-17)20(21,22)23/h4-12,14H,13H2,1-3H3,(H,25,27)/b24-12-. The number of hydrogen-bond acceptors (Lipinski definition) is 5. The molecule has 31 heavy (non-hydrogen) atoms. The molecule has 11 heteroatoms. The minimum atomic E-state index is -4.65. The Bertz CT molecular complexity index is 1040. The van der Waals surface area contributed by atoms with Gasteiger partial charge in [0.1, 0.15) is 12.3 Å². The molecule has 2 aromatic rings. The predicted octanol–water partition coefficient (Wildman–Crippen LogP) is 3.41. The van der Waals surface area contributed by atoms with Crippen LogP contribution in [0.25, 0.3) is 0 Å². The fourth-order valence-electron chi connectivity index (χ4n) is 2.49. The van der Waals surface area contributed by atoms with E-state index in [0.29, 0.717) is 21.7 Å². The number of rotatable bonds is 8. The lowest BCUT2D eigenvalue weighted by atomic mass is 10.2. The van der Waals surface area contributed by atoms with E-state index < -0.39 is 34.2 Å². The van der Waals surface area contributed by atoms with Crippen molar-refractivity contribution in [3.8, 4) is 5.75 Å². The van der Waals surface area contributed by atoms with Gasteiger partial charge >= 0.3 is 6.18 Å². The highest BCUT2D eigenvalue weighted by Gasteiger charge is 2.32. The molecule has 7 nitrogen and oxygen atoms in total. The lowest BCUT2D eigenvalue weighted by Crippen LogP contribution is -2.39. The summed E-state index contributed by atoms with van der Waals surface area (Å²) in [5.74, 6) is -0.153. The summed E-state index contributed by atoms with van der Waals surface area (Å²) in [6.07, 6.45) is -2.49. The van der Waals surface area contributed by atoms with Gasteiger partial charge in [0.15, 0.2) is 0 Å². The Hall–Kier alpha value is -3.08. The lowest BCUT2D eigenvalue weighted by Gasteiger charge is -2.22. The van der Waals surface area contributed by atoms with Crippen molar-refractivity contribution in [2.24, 2.45) is 5.10 Å². The number of nitrogens with one attached hydrogen (secondary N) is 1. The molecule has 0 atom stereocenters. The molecule has 0 unspecified atom stereocenters. The maximum atomic E-state index is 12.9. The number of benzene rings is 2. The molecular formula is C20H22F3N3O4S. The molecule has 0 aromatic heterocycles. The minimum Gasteiger partial charge on any atom is -0.491 e. The van der Waals surface area contributed by atoms with E-state index in [4.69, 9.17) is 4.74 Å². The largest absolute Gasteiger partial charge is 0.491 e. The van der Waals surface area contributed by atoms with Crippen LogP contribution in [0.4, 0.5) is 18.9 Å². The summed E-state index contributed by atoms with van der Waals surface area (Å²) < 4.78 is 69.0. The number of nitrogens with zero attached hydrogens (tertiary/aromatic N) is 2. The van der Waals surface area contributed by atoms with Gasteiger partial charge in [-0.05, 0) is 61.9 Å². The zero-order chi connectivity index (χ0) is 23.2. The van der Waals surface area contributed by atoms with Crippen LogP contribution in [0.1, 0.15) is 25.0 Å². The van der Waals surface area contributed by atoms with Gasteiger partial charge < -0.3 is 4.74 Å². The number of anilines is 1. The fourth-order valence-corrected chi connectivity index (χ4v) is 3.33. The summed E-state index contributed by atoms with van der Waals surface area (Å²) in [6.45, 7) is 3.05. The summed E-state index contributed by atoms with van der Waals surface area (Å²) in [5.41, 5.74) is 1.51. The Morgan fingerprint density at radius 3 is 2.39 bits per heavy atom. The van der Waals surface area contributed by atoms with Gasteiger partial charge in [0.2, 0.25) is 10.0 Å². The first-order valence-corrected chi connectivity index (χ1v) is 10.9. The van der Waals surface area contributed by atoms with Crippen LogP contribution in [0.5, 0.6) is 5.75 Å². The van der Waals surface area contributed by atoms with Gasteiger partial charge in [-0.15, -0.1) is 0 Å². The van der Waals surface area contributed by atoms with Crippen molar-refractivity contribution < 1.29 is 31.1 Å². The number of carbonyl (C=O) groups excluding carboxylic acids is 1. The van der Waals surface area contributed by atoms with Crippen molar-refractivity contribution in [2.75, 3.05) is 17.1 Å². The van der Waals surface area contributed by atoms with Gasteiger partial charge in [-0.1, -0.05) is 6.07 Å². The second kappa shape index (κ2) is 9.82. The second-order valence-corrected chi connectivity index (χ2v) is 8.75. The number of hydrogen-bond donors (Lipinski definition) is 1. The molecule has 1 N–H and O–H groups in total. The van der Waals surface area contributed by atoms with Gasteiger partial charge in [-0.2, -0.15) is 18.3 Å². The number of carbonyl (C=O) groups is 1. The van der Waals surface area contributed by atoms with Crippen LogP contribution in [0, 0.1) is 0 Å². The van der Waals surface area contributed by atoms with E-state index in [2.05, 4.69) is 10.5 Å². The molecular weight excluding hydrogens is 435 g/mol. The molecule has 1 amide bonds.